The molecule has 0 aliphatic rings. The molecule has 0 atom stereocenters. The van der Waals surface area contributed by atoms with Crippen LogP contribution < -0.4 is 0 Å². The SMILES string of the molecule is [N-]=[N+]=Cc1ccncc1. The van der Waals surface area contributed by atoms with Crippen LogP contribution in [0, 0.1) is 0 Å². The van der Waals surface area contributed by atoms with Gasteiger partial charge in [0.2, 0.25) is 0 Å². The summed E-state index contributed by atoms with van der Waals surface area (Å²) in [6.45, 7) is 0. The van der Waals surface area contributed by atoms with Gasteiger partial charge < -0.3 is 5.53 Å². The minimum Gasteiger partial charge on any atom is -0.361 e. The van der Waals surface area contributed by atoms with E-state index in [1.807, 2.05) is 0 Å². The van der Waals surface area contributed by atoms with Gasteiger partial charge in [0.05, 0.1) is 5.56 Å². The minimum atomic E-state index is 0.840. The van der Waals surface area contributed by atoms with Gasteiger partial charge in [-0.05, 0) is 12.1 Å². The molecule has 44 valence electrons. The minimum absolute atomic E-state index is 0.840. The highest BCUT2D eigenvalue weighted by Crippen LogP contribution is 1.87. The van der Waals surface area contributed by atoms with Crippen molar-refractivity contribution < 1.29 is 4.79 Å². The lowest BCUT2D eigenvalue weighted by Gasteiger charge is -1.79. The summed E-state index contributed by atoms with van der Waals surface area (Å²) in [4.78, 5) is 6.64. The molecule has 1 heterocycles. The molecule has 3 heteroatoms. The molecule has 1 aromatic heterocycles. The molecule has 1 aromatic rings. The predicted molar refractivity (Wildman–Crippen MR) is 33.0 cm³/mol. The molecule has 0 fully saturated rings. The molecule has 3 nitrogen and oxygen atoms in total. The van der Waals surface area contributed by atoms with Crippen LogP contribution in [0.1, 0.15) is 5.56 Å². The van der Waals surface area contributed by atoms with Gasteiger partial charge in [0.1, 0.15) is 0 Å². The number of aromatic nitrogens is 1. The third-order valence-corrected chi connectivity index (χ3v) is 0.913. The van der Waals surface area contributed by atoms with E-state index < -0.39 is 0 Å². The fraction of sp³-hybridized carbons (Fsp3) is 0. The van der Waals surface area contributed by atoms with Crippen LogP contribution in [0.3, 0.4) is 0 Å². The van der Waals surface area contributed by atoms with Crippen molar-refractivity contribution in [2.75, 3.05) is 0 Å². The zero-order valence-corrected chi connectivity index (χ0v) is 4.73. The van der Waals surface area contributed by atoms with Gasteiger partial charge in [0.15, 0.2) is 0 Å². The lowest BCUT2D eigenvalue weighted by atomic mass is 10.3. The second-order valence-electron chi connectivity index (χ2n) is 1.53. The molecule has 0 radical (unpaired) electrons. The average molecular weight is 119 g/mol. The van der Waals surface area contributed by atoms with E-state index >= 15 is 0 Å². The van der Waals surface area contributed by atoms with Gasteiger partial charge in [-0.25, -0.2) is 0 Å². The first-order valence-electron chi connectivity index (χ1n) is 2.51. The molecule has 0 bridgehead atoms. The Morgan fingerprint density at radius 3 is 2.67 bits per heavy atom. The summed E-state index contributed by atoms with van der Waals surface area (Å²) in [5.74, 6) is 0. The van der Waals surface area contributed by atoms with Gasteiger partial charge in [-0.15, -0.1) is 0 Å². The fourth-order valence-corrected chi connectivity index (χ4v) is 0.516. The van der Waals surface area contributed by atoms with E-state index in [4.69, 9.17) is 5.53 Å². The molecule has 0 saturated heterocycles. The molecule has 0 saturated carbocycles. The Kier molecular flexibility index (Phi) is 1.73. The van der Waals surface area contributed by atoms with E-state index in [1.54, 1.807) is 24.5 Å². The fourth-order valence-electron chi connectivity index (χ4n) is 0.516. The summed E-state index contributed by atoms with van der Waals surface area (Å²) in [5.41, 5.74) is 8.91. The van der Waals surface area contributed by atoms with Crippen LogP contribution in [0.4, 0.5) is 0 Å². The summed E-state index contributed by atoms with van der Waals surface area (Å²) in [6, 6.07) is 3.50. The molecule has 1 rings (SSSR count). The second kappa shape index (κ2) is 2.74. The summed E-state index contributed by atoms with van der Waals surface area (Å²) in [7, 11) is 0. The maximum Gasteiger partial charge on any atom is 0.287 e. The monoisotopic (exact) mass is 119 g/mol. The van der Waals surface area contributed by atoms with Gasteiger partial charge in [-0.1, -0.05) is 0 Å². The Balaban J connectivity index is 2.97. The predicted octanol–water partition coefficient (Wildman–Crippen LogP) is 0.730. The van der Waals surface area contributed by atoms with E-state index in [2.05, 4.69) is 9.77 Å². The van der Waals surface area contributed by atoms with Gasteiger partial charge in [-0.2, -0.15) is 4.79 Å². The highest BCUT2D eigenvalue weighted by molar-refractivity contribution is 5.74. The van der Waals surface area contributed by atoms with Crippen molar-refractivity contribution in [3.63, 3.8) is 0 Å². The van der Waals surface area contributed by atoms with Crippen molar-refractivity contribution in [1.29, 1.82) is 0 Å². The van der Waals surface area contributed by atoms with Crippen LogP contribution in [-0.2, 0) is 0 Å². The van der Waals surface area contributed by atoms with Gasteiger partial charge >= 0.3 is 0 Å². The average Bonchev–Trinajstić information content (AvgIpc) is 1.91. The van der Waals surface area contributed by atoms with Crippen LogP contribution in [0.5, 0.6) is 0 Å². The van der Waals surface area contributed by atoms with Crippen molar-refractivity contribution in [3.8, 4) is 0 Å². The molecular formula is C6H5N3. The molecule has 0 aliphatic heterocycles. The first-order chi connectivity index (χ1) is 4.43. The van der Waals surface area contributed by atoms with Crippen LogP contribution in [-0.4, -0.2) is 16.0 Å². The molecule has 0 N–H and O–H groups in total. The molecule has 0 spiro atoms. The number of rotatable bonds is 1. The van der Waals surface area contributed by atoms with Crippen LogP contribution in [0.2, 0.25) is 0 Å². The van der Waals surface area contributed by atoms with E-state index in [0.29, 0.717) is 0 Å². The van der Waals surface area contributed by atoms with Crippen LogP contribution in [0.25, 0.3) is 5.53 Å². The molecule has 0 unspecified atom stereocenters. The third kappa shape index (κ3) is 1.48. The number of nitrogens with zero attached hydrogens (tertiary/aromatic N) is 3. The van der Waals surface area contributed by atoms with E-state index in [9.17, 15) is 0 Å². The van der Waals surface area contributed by atoms with Crippen LogP contribution in [0.15, 0.2) is 24.5 Å². The first kappa shape index (κ1) is 5.66. The molecule has 0 amide bonds. The molecular weight excluding hydrogens is 114 g/mol. The van der Waals surface area contributed by atoms with Crippen molar-refractivity contribution in [2.45, 2.75) is 0 Å². The summed E-state index contributed by atoms with van der Waals surface area (Å²) in [6.07, 6.45) is 4.62. The Hall–Kier alpha value is -1.47. The van der Waals surface area contributed by atoms with Crippen LogP contribution >= 0.6 is 0 Å². The summed E-state index contributed by atoms with van der Waals surface area (Å²) < 4.78 is 0. The van der Waals surface area contributed by atoms with Crippen molar-refractivity contribution >= 4 is 6.21 Å². The normalized spacial score (nSPS) is 8.00. The zero-order valence-electron chi connectivity index (χ0n) is 4.73. The Morgan fingerprint density at radius 1 is 1.44 bits per heavy atom. The zero-order chi connectivity index (χ0) is 6.53. The Morgan fingerprint density at radius 2 is 2.11 bits per heavy atom. The van der Waals surface area contributed by atoms with Gasteiger partial charge in [-0.3, -0.25) is 4.98 Å². The molecule has 0 aliphatic carbocycles. The number of hydrogen-bond acceptors (Lipinski definition) is 1. The third-order valence-electron chi connectivity index (χ3n) is 0.913. The quantitative estimate of drug-likeness (QED) is 0.305. The lowest BCUT2D eigenvalue weighted by molar-refractivity contribution is 0.00456. The first-order valence-corrected chi connectivity index (χ1v) is 2.51. The van der Waals surface area contributed by atoms with Crippen molar-refractivity contribution in [3.05, 3.63) is 35.6 Å². The maximum atomic E-state index is 8.07. The highest BCUT2D eigenvalue weighted by atomic mass is 14.8. The second-order valence-corrected chi connectivity index (χ2v) is 1.53. The highest BCUT2D eigenvalue weighted by Gasteiger charge is 1.85. The standard InChI is InChI=1S/C6H5N3/c7-9-5-6-1-3-8-4-2-6/h1-5H. The largest absolute Gasteiger partial charge is 0.361 e. The topological polar surface area (TPSA) is 49.3 Å². The Bertz CT molecular complexity index is 223. The van der Waals surface area contributed by atoms with E-state index in [0.717, 1.165) is 5.56 Å². The lowest BCUT2D eigenvalue weighted by Crippen LogP contribution is -1.79. The molecule has 0 aromatic carbocycles. The van der Waals surface area contributed by atoms with Gasteiger partial charge in [0.25, 0.3) is 6.21 Å². The summed E-state index contributed by atoms with van der Waals surface area (Å²) >= 11 is 0. The Labute approximate surface area is 52.6 Å². The van der Waals surface area contributed by atoms with Crippen molar-refractivity contribution in [1.82, 2.24) is 4.98 Å². The van der Waals surface area contributed by atoms with Gasteiger partial charge in [0, 0.05) is 12.4 Å². The number of hydrogen-bond donors (Lipinski definition) is 0. The number of pyridine rings is 1. The van der Waals surface area contributed by atoms with E-state index in [-0.39, 0.29) is 0 Å². The maximum absolute atomic E-state index is 8.07. The summed E-state index contributed by atoms with van der Waals surface area (Å²) in [5, 5.41) is 0. The smallest absolute Gasteiger partial charge is 0.287 e. The van der Waals surface area contributed by atoms with Crippen molar-refractivity contribution in [2.24, 2.45) is 0 Å². The molecule has 9 heavy (non-hydrogen) atoms. The van der Waals surface area contributed by atoms with E-state index in [1.165, 1.54) is 6.21 Å².